The van der Waals surface area contributed by atoms with Gasteiger partial charge in [0.15, 0.2) is 5.69 Å². The van der Waals surface area contributed by atoms with Crippen LogP contribution in [0.5, 0.6) is 0 Å². The lowest BCUT2D eigenvalue weighted by Crippen LogP contribution is -1.75. The molecule has 56 valence electrons. The lowest BCUT2D eigenvalue weighted by atomic mass is 10.5. The Balaban J connectivity index is 2.45. The third-order valence-corrected chi connectivity index (χ3v) is 1.81. The topological polar surface area (TPSA) is 64.7 Å². The highest BCUT2D eigenvalue weighted by Crippen LogP contribution is 2.16. The Morgan fingerprint density at radius 3 is 3.00 bits per heavy atom. The number of halogens is 1. The summed E-state index contributed by atoms with van der Waals surface area (Å²) in [6, 6.07) is 0. The highest BCUT2D eigenvalue weighted by atomic mass is 79.9. The molecule has 0 aliphatic heterocycles. The van der Waals surface area contributed by atoms with Crippen molar-refractivity contribution in [1.29, 1.82) is 0 Å². The van der Waals surface area contributed by atoms with Gasteiger partial charge in [-0.25, -0.2) is 0 Å². The molecule has 2 heterocycles. The molecule has 0 spiro atoms. The molecule has 0 N–H and O–H groups in total. The van der Waals surface area contributed by atoms with Crippen molar-refractivity contribution in [3.8, 4) is 11.6 Å². The molecule has 0 amide bonds. The fraction of sp³-hybridized carbons (Fsp3) is 0. The largest absolute Gasteiger partial charge is 0.331 e. The van der Waals surface area contributed by atoms with E-state index in [4.69, 9.17) is 4.52 Å². The van der Waals surface area contributed by atoms with Crippen molar-refractivity contribution in [3.63, 3.8) is 0 Å². The molecule has 2 aromatic rings. The van der Waals surface area contributed by atoms with Crippen molar-refractivity contribution in [1.82, 2.24) is 19.7 Å². The van der Waals surface area contributed by atoms with Crippen LogP contribution < -0.4 is 0 Å². The van der Waals surface area contributed by atoms with E-state index in [1.54, 1.807) is 5.38 Å². The predicted molar refractivity (Wildman–Crippen MR) is 40.9 cm³/mol. The van der Waals surface area contributed by atoms with Crippen LogP contribution >= 0.6 is 27.5 Å². The van der Waals surface area contributed by atoms with Gasteiger partial charge < -0.3 is 4.52 Å². The molecule has 0 bridgehead atoms. The Bertz CT molecular complexity index is 345. The van der Waals surface area contributed by atoms with Crippen LogP contribution in [0.15, 0.2) is 14.6 Å². The van der Waals surface area contributed by atoms with Crippen molar-refractivity contribution in [2.24, 2.45) is 0 Å². The lowest BCUT2D eigenvalue weighted by molar-refractivity contribution is 0.425. The molecule has 0 aliphatic rings. The van der Waals surface area contributed by atoms with Gasteiger partial charge in [-0.05, 0) is 32.6 Å². The van der Waals surface area contributed by atoms with Gasteiger partial charge in [0.2, 0.25) is 4.73 Å². The molecular formula is C4HBrN4OS. The first-order valence-corrected chi connectivity index (χ1v) is 4.26. The van der Waals surface area contributed by atoms with Crippen LogP contribution in [0, 0.1) is 0 Å². The van der Waals surface area contributed by atoms with Crippen LogP contribution in [-0.4, -0.2) is 19.7 Å². The van der Waals surface area contributed by atoms with Crippen molar-refractivity contribution in [2.45, 2.75) is 0 Å². The summed E-state index contributed by atoms with van der Waals surface area (Å²) in [5, 5.41) is 9.03. The molecule has 0 saturated carbocycles. The molecule has 11 heavy (non-hydrogen) atoms. The van der Waals surface area contributed by atoms with Gasteiger partial charge in [-0.1, -0.05) is 4.49 Å². The van der Waals surface area contributed by atoms with Gasteiger partial charge in [0.25, 0.3) is 5.89 Å². The number of nitrogens with zero attached hydrogens (tertiary/aromatic N) is 4. The minimum atomic E-state index is 0.380. The second-order valence-corrected chi connectivity index (χ2v) is 2.98. The lowest BCUT2D eigenvalue weighted by Gasteiger charge is -1.77. The van der Waals surface area contributed by atoms with Crippen LogP contribution in [0.2, 0.25) is 0 Å². The summed E-state index contributed by atoms with van der Waals surface area (Å²) in [6.07, 6.45) is 0. The summed E-state index contributed by atoms with van der Waals surface area (Å²) in [7, 11) is 0. The summed E-state index contributed by atoms with van der Waals surface area (Å²) < 4.78 is 8.88. The average molecular weight is 233 g/mol. The van der Waals surface area contributed by atoms with Gasteiger partial charge >= 0.3 is 0 Å². The van der Waals surface area contributed by atoms with Gasteiger partial charge in [-0.2, -0.15) is 4.98 Å². The Morgan fingerprint density at radius 1 is 1.55 bits per heavy atom. The highest BCUT2D eigenvalue weighted by molar-refractivity contribution is 9.10. The van der Waals surface area contributed by atoms with Crippen LogP contribution in [0.1, 0.15) is 0 Å². The summed E-state index contributed by atoms with van der Waals surface area (Å²) in [5.74, 6) is 0.380. The van der Waals surface area contributed by atoms with Crippen LogP contribution in [0.3, 0.4) is 0 Å². The zero-order chi connectivity index (χ0) is 7.68. The van der Waals surface area contributed by atoms with Gasteiger partial charge in [0.1, 0.15) is 0 Å². The van der Waals surface area contributed by atoms with E-state index in [9.17, 15) is 0 Å². The zero-order valence-corrected chi connectivity index (χ0v) is 7.46. The van der Waals surface area contributed by atoms with E-state index in [1.807, 2.05) is 0 Å². The van der Waals surface area contributed by atoms with Gasteiger partial charge in [0.05, 0.1) is 0 Å². The molecule has 0 fully saturated rings. The molecule has 0 saturated heterocycles. The highest BCUT2D eigenvalue weighted by Gasteiger charge is 2.08. The minimum absolute atomic E-state index is 0.380. The third-order valence-electron chi connectivity index (χ3n) is 0.980. The molecule has 5 nitrogen and oxygen atoms in total. The second kappa shape index (κ2) is 2.67. The smallest absolute Gasteiger partial charge is 0.280 e. The molecule has 2 aromatic heterocycles. The van der Waals surface area contributed by atoms with Crippen LogP contribution in [-0.2, 0) is 0 Å². The van der Waals surface area contributed by atoms with Gasteiger partial charge in [-0.3, -0.25) is 0 Å². The maximum absolute atomic E-state index is 4.80. The Labute approximate surface area is 73.7 Å². The normalized spacial score (nSPS) is 10.3. The molecule has 7 heteroatoms. The molecule has 0 unspecified atom stereocenters. The molecule has 0 aromatic carbocycles. The van der Waals surface area contributed by atoms with E-state index in [0.29, 0.717) is 16.3 Å². The minimum Gasteiger partial charge on any atom is -0.331 e. The van der Waals surface area contributed by atoms with Crippen molar-refractivity contribution in [2.75, 3.05) is 0 Å². The maximum atomic E-state index is 4.80. The number of hydrogen-bond donors (Lipinski definition) is 0. The van der Waals surface area contributed by atoms with Crippen molar-refractivity contribution in [3.05, 3.63) is 10.1 Å². The van der Waals surface area contributed by atoms with E-state index in [0.717, 1.165) is 0 Å². The third kappa shape index (κ3) is 1.29. The van der Waals surface area contributed by atoms with E-state index >= 15 is 0 Å². The fourth-order valence-electron chi connectivity index (χ4n) is 0.567. The molecular weight excluding hydrogens is 232 g/mol. The SMILES string of the molecule is Brc1noc(-c2csnn2)n1. The Morgan fingerprint density at radius 2 is 2.45 bits per heavy atom. The van der Waals surface area contributed by atoms with E-state index in [2.05, 4.69) is 35.7 Å². The van der Waals surface area contributed by atoms with Gasteiger partial charge in [0, 0.05) is 5.38 Å². The summed E-state index contributed by atoms with van der Waals surface area (Å²) in [6.45, 7) is 0. The molecule has 0 aliphatic carbocycles. The summed E-state index contributed by atoms with van der Waals surface area (Å²) in [4.78, 5) is 3.90. The Kier molecular flexibility index (Phi) is 1.66. The van der Waals surface area contributed by atoms with Crippen LogP contribution in [0.4, 0.5) is 0 Å². The summed E-state index contributed by atoms with van der Waals surface area (Å²) in [5.41, 5.74) is 0.605. The first kappa shape index (κ1) is 6.86. The molecule has 0 atom stereocenters. The van der Waals surface area contributed by atoms with Crippen LogP contribution in [0.25, 0.3) is 11.6 Å². The van der Waals surface area contributed by atoms with Crippen molar-refractivity contribution < 1.29 is 4.52 Å². The number of hydrogen-bond acceptors (Lipinski definition) is 6. The quantitative estimate of drug-likeness (QED) is 0.743. The summed E-state index contributed by atoms with van der Waals surface area (Å²) >= 11 is 4.30. The number of aromatic nitrogens is 4. The molecule has 2 rings (SSSR count). The second-order valence-electron chi connectivity index (χ2n) is 1.66. The first-order chi connectivity index (χ1) is 5.36. The Hall–Kier alpha value is -0.820. The van der Waals surface area contributed by atoms with Gasteiger partial charge in [-0.15, -0.1) is 5.10 Å². The fourth-order valence-corrected chi connectivity index (χ4v) is 1.23. The predicted octanol–water partition coefficient (Wildman–Crippen LogP) is 1.35. The zero-order valence-electron chi connectivity index (χ0n) is 5.06. The monoisotopic (exact) mass is 232 g/mol. The first-order valence-electron chi connectivity index (χ1n) is 2.63. The standard InChI is InChI=1S/C4HBrN4OS/c5-4-6-3(10-8-4)2-1-11-9-7-2/h1H. The maximum Gasteiger partial charge on any atom is 0.280 e. The average Bonchev–Trinajstić information content (AvgIpc) is 2.55. The molecule has 0 radical (unpaired) electrons. The van der Waals surface area contributed by atoms with Crippen molar-refractivity contribution >= 4 is 27.5 Å². The van der Waals surface area contributed by atoms with E-state index in [-0.39, 0.29) is 0 Å². The van der Waals surface area contributed by atoms with E-state index in [1.165, 1.54) is 11.5 Å². The number of rotatable bonds is 1. The van der Waals surface area contributed by atoms with E-state index < -0.39 is 0 Å².